The SMILES string of the molecule is CN=C(NCc1cnn(C)c1)N1CC(C)CC(C)C1.I. The third-order valence-electron chi connectivity index (χ3n) is 3.59. The Kier molecular flexibility index (Phi) is 6.78. The van der Waals surface area contributed by atoms with Crippen molar-refractivity contribution in [2.45, 2.75) is 26.8 Å². The molecule has 2 heterocycles. The number of hydrogen-bond acceptors (Lipinski definition) is 2. The Labute approximate surface area is 138 Å². The molecule has 6 heteroatoms. The molecule has 1 saturated heterocycles. The molecule has 0 spiro atoms. The summed E-state index contributed by atoms with van der Waals surface area (Å²) in [6.45, 7) is 7.60. The van der Waals surface area contributed by atoms with Crippen LogP contribution in [-0.4, -0.2) is 40.8 Å². The molecule has 0 bridgehead atoms. The van der Waals surface area contributed by atoms with Crippen molar-refractivity contribution in [3.05, 3.63) is 18.0 Å². The Bertz CT molecular complexity index is 433. The van der Waals surface area contributed by atoms with Crippen LogP contribution in [0.15, 0.2) is 17.4 Å². The van der Waals surface area contributed by atoms with Crippen molar-refractivity contribution in [1.82, 2.24) is 20.0 Å². The third kappa shape index (κ3) is 4.64. The number of nitrogens with one attached hydrogen (secondary N) is 1. The van der Waals surface area contributed by atoms with E-state index in [-0.39, 0.29) is 24.0 Å². The van der Waals surface area contributed by atoms with Gasteiger partial charge in [0.05, 0.1) is 6.20 Å². The van der Waals surface area contributed by atoms with Crippen molar-refractivity contribution >= 4 is 29.9 Å². The van der Waals surface area contributed by atoms with Gasteiger partial charge in [-0.15, -0.1) is 24.0 Å². The molecule has 1 aromatic rings. The highest BCUT2D eigenvalue weighted by Gasteiger charge is 2.23. The zero-order valence-electron chi connectivity index (χ0n) is 12.8. The molecule has 114 valence electrons. The lowest BCUT2D eigenvalue weighted by molar-refractivity contribution is 0.208. The summed E-state index contributed by atoms with van der Waals surface area (Å²) in [5, 5.41) is 7.61. The molecular formula is C14H26IN5. The van der Waals surface area contributed by atoms with Crippen LogP contribution in [0.3, 0.4) is 0 Å². The number of aromatic nitrogens is 2. The second-order valence-corrected chi connectivity index (χ2v) is 5.77. The van der Waals surface area contributed by atoms with E-state index in [1.54, 1.807) is 0 Å². The predicted molar refractivity (Wildman–Crippen MR) is 93.3 cm³/mol. The van der Waals surface area contributed by atoms with E-state index in [4.69, 9.17) is 0 Å². The fraction of sp³-hybridized carbons (Fsp3) is 0.714. The first kappa shape index (κ1) is 17.3. The smallest absolute Gasteiger partial charge is 0.193 e. The maximum atomic E-state index is 4.41. The maximum Gasteiger partial charge on any atom is 0.193 e. The lowest BCUT2D eigenvalue weighted by atomic mass is 9.92. The van der Waals surface area contributed by atoms with Crippen LogP contribution in [0.2, 0.25) is 0 Å². The quantitative estimate of drug-likeness (QED) is 0.477. The second kappa shape index (κ2) is 7.85. The van der Waals surface area contributed by atoms with Gasteiger partial charge in [-0.1, -0.05) is 13.8 Å². The number of halogens is 1. The van der Waals surface area contributed by atoms with Gasteiger partial charge in [0, 0.05) is 45.5 Å². The first-order chi connectivity index (χ1) is 9.08. The van der Waals surface area contributed by atoms with Gasteiger partial charge in [-0.25, -0.2) is 0 Å². The van der Waals surface area contributed by atoms with Gasteiger partial charge in [0.2, 0.25) is 0 Å². The molecule has 0 saturated carbocycles. The van der Waals surface area contributed by atoms with Crippen molar-refractivity contribution in [1.29, 1.82) is 0 Å². The van der Waals surface area contributed by atoms with Crippen LogP contribution in [0.1, 0.15) is 25.8 Å². The number of rotatable bonds is 2. The second-order valence-electron chi connectivity index (χ2n) is 5.77. The highest BCUT2D eigenvalue weighted by molar-refractivity contribution is 14.0. The van der Waals surface area contributed by atoms with Crippen LogP contribution in [0, 0.1) is 11.8 Å². The van der Waals surface area contributed by atoms with Gasteiger partial charge < -0.3 is 10.2 Å². The lowest BCUT2D eigenvalue weighted by Crippen LogP contribution is -2.48. The third-order valence-corrected chi connectivity index (χ3v) is 3.59. The summed E-state index contributed by atoms with van der Waals surface area (Å²) in [5.41, 5.74) is 1.18. The van der Waals surface area contributed by atoms with Gasteiger partial charge in [0.25, 0.3) is 0 Å². The van der Waals surface area contributed by atoms with E-state index >= 15 is 0 Å². The predicted octanol–water partition coefficient (Wildman–Crippen LogP) is 2.09. The van der Waals surface area contributed by atoms with E-state index in [0.717, 1.165) is 37.4 Å². The van der Waals surface area contributed by atoms with Gasteiger partial charge in [-0.2, -0.15) is 5.10 Å². The zero-order chi connectivity index (χ0) is 13.8. The van der Waals surface area contributed by atoms with Crippen LogP contribution >= 0.6 is 24.0 Å². The molecule has 1 N–H and O–H groups in total. The molecule has 5 nitrogen and oxygen atoms in total. The van der Waals surface area contributed by atoms with Gasteiger partial charge in [0.1, 0.15) is 0 Å². The standard InChI is InChI=1S/C14H25N5.HI/c1-11-5-12(2)9-19(8-11)14(15-3)16-6-13-7-17-18(4)10-13;/h7,10-12H,5-6,8-9H2,1-4H3,(H,15,16);1H. The van der Waals surface area contributed by atoms with Crippen LogP contribution in [0.5, 0.6) is 0 Å². The number of aliphatic imine (C=N–C) groups is 1. The van der Waals surface area contributed by atoms with Crippen LogP contribution in [0.4, 0.5) is 0 Å². The number of guanidine groups is 1. The first-order valence-electron chi connectivity index (χ1n) is 7.01. The Balaban J connectivity index is 0.00000200. The number of likely N-dealkylation sites (tertiary alicyclic amines) is 1. The van der Waals surface area contributed by atoms with Crippen LogP contribution in [0.25, 0.3) is 0 Å². The molecule has 2 unspecified atom stereocenters. The van der Waals surface area contributed by atoms with Crippen molar-refractivity contribution in [3.8, 4) is 0 Å². The highest BCUT2D eigenvalue weighted by Crippen LogP contribution is 2.20. The van der Waals surface area contributed by atoms with Gasteiger partial charge >= 0.3 is 0 Å². The Morgan fingerprint density at radius 1 is 1.40 bits per heavy atom. The van der Waals surface area contributed by atoms with E-state index in [2.05, 4.69) is 34.2 Å². The fourth-order valence-electron chi connectivity index (χ4n) is 2.91. The van der Waals surface area contributed by atoms with Crippen LogP contribution < -0.4 is 5.32 Å². The summed E-state index contributed by atoms with van der Waals surface area (Å²) < 4.78 is 1.82. The average Bonchev–Trinajstić information content (AvgIpc) is 2.75. The van der Waals surface area contributed by atoms with E-state index in [1.165, 1.54) is 12.0 Å². The minimum absolute atomic E-state index is 0. The molecule has 2 atom stereocenters. The van der Waals surface area contributed by atoms with Crippen molar-refractivity contribution in [2.24, 2.45) is 23.9 Å². The molecule has 1 aromatic heterocycles. The Morgan fingerprint density at radius 3 is 2.55 bits per heavy atom. The topological polar surface area (TPSA) is 45.5 Å². The largest absolute Gasteiger partial charge is 0.352 e. The van der Waals surface area contributed by atoms with Gasteiger partial charge in [0.15, 0.2) is 5.96 Å². The molecule has 1 aliphatic rings. The molecule has 0 amide bonds. The Morgan fingerprint density at radius 2 is 2.05 bits per heavy atom. The van der Waals surface area contributed by atoms with Crippen LogP contribution in [-0.2, 0) is 13.6 Å². The van der Waals surface area contributed by atoms with Crippen molar-refractivity contribution in [2.75, 3.05) is 20.1 Å². The van der Waals surface area contributed by atoms with Crippen molar-refractivity contribution in [3.63, 3.8) is 0 Å². The molecule has 1 fully saturated rings. The van der Waals surface area contributed by atoms with E-state index < -0.39 is 0 Å². The highest BCUT2D eigenvalue weighted by atomic mass is 127. The fourth-order valence-corrected chi connectivity index (χ4v) is 2.91. The minimum Gasteiger partial charge on any atom is -0.352 e. The van der Waals surface area contributed by atoms with E-state index in [9.17, 15) is 0 Å². The summed E-state index contributed by atoms with van der Waals surface area (Å²) in [6.07, 6.45) is 5.24. The van der Waals surface area contributed by atoms with E-state index in [0.29, 0.717) is 0 Å². The summed E-state index contributed by atoms with van der Waals surface area (Å²) in [7, 11) is 3.79. The number of piperidine rings is 1. The van der Waals surface area contributed by atoms with Crippen molar-refractivity contribution < 1.29 is 0 Å². The average molecular weight is 391 g/mol. The summed E-state index contributed by atoms with van der Waals surface area (Å²) >= 11 is 0. The minimum atomic E-state index is 0. The molecule has 0 aromatic carbocycles. The molecule has 20 heavy (non-hydrogen) atoms. The molecule has 0 aliphatic carbocycles. The van der Waals surface area contributed by atoms with Gasteiger partial charge in [-0.3, -0.25) is 9.67 Å². The molecule has 0 radical (unpaired) electrons. The lowest BCUT2D eigenvalue weighted by Gasteiger charge is -2.37. The molecular weight excluding hydrogens is 365 g/mol. The number of aryl methyl sites for hydroxylation is 1. The monoisotopic (exact) mass is 391 g/mol. The summed E-state index contributed by atoms with van der Waals surface area (Å²) in [4.78, 5) is 6.78. The molecule has 1 aliphatic heterocycles. The number of nitrogens with zero attached hydrogens (tertiary/aromatic N) is 4. The zero-order valence-corrected chi connectivity index (χ0v) is 15.2. The molecule has 2 rings (SSSR count). The summed E-state index contributed by atoms with van der Waals surface area (Å²) in [6, 6.07) is 0. The summed E-state index contributed by atoms with van der Waals surface area (Å²) in [5.74, 6) is 2.48. The maximum absolute atomic E-state index is 4.41. The normalized spacial score (nSPS) is 23.4. The van der Waals surface area contributed by atoms with E-state index in [1.807, 2.05) is 31.2 Å². The number of hydrogen-bond donors (Lipinski definition) is 1. The Hall–Kier alpha value is -0.790. The first-order valence-corrected chi connectivity index (χ1v) is 7.01. The van der Waals surface area contributed by atoms with Gasteiger partial charge in [-0.05, 0) is 18.3 Å².